The lowest BCUT2D eigenvalue weighted by molar-refractivity contribution is 0.309. The molecule has 0 saturated heterocycles. The van der Waals surface area contributed by atoms with Gasteiger partial charge in [0.1, 0.15) is 12.4 Å². The molecular weight excluding hydrogens is 258 g/mol. The second kappa shape index (κ2) is 5.35. The van der Waals surface area contributed by atoms with Crippen LogP contribution in [0.3, 0.4) is 0 Å². The quantitative estimate of drug-likeness (QED) is 0.662. The van der Waals surface area contributed by atoms with Gasteiger partial charge in [-0.25, -0.2) is 10.8 Å². The third-order valence-corrected chi connectivity index (χ3v) is 3.35. The molecule has 0 aliphatic carbocycles. The van der Waals surface area contributed by atoms with Gasteiger partial charge in [0.2, 0.25) is 0 Å². The first-order valence-electron chi connectivity index (χ1n) is 4.99. The van der Waals surface area contributed by atoms with Crippen LogP contribution in [-0.2, 0) is 6.61 Å². The molecule has 0 unspecified atom stereocenters. The van der Waals surface area contributed by atoms with E-state index in [2.05, 4.69) is 10.4 Å². The number of ether oxygens (including phenoxy) is 1. The van der Waals surface area contributed by atoms with Gasteiger partial charge in [-0.2, -0.15) is 0 Å². The van der Waals surface area contributed by atoms with Crippen molar-refractivity contribution in [2.24, 2.45) is 5.84 Å². The molecule has 0 amide bonds. The number of thiazole rings is 1. The number of hydrogen-bond acceptors (Lipinski definition) is 5. The van der Waals surface area contributed by atoms with Crippen LogP contribution in [0, 0.1) is 6.92 Å². The first-order chi connectivity index (χ1) is 8.19. The van der Waals surface area contributed by atoms with E-state index < -0.39 is 0 Å². The number of nitrogen functional groups attached to an aromatic ring is 1. The van der Waals surface area contributed by atoms with Crippen LogP contribution >= 0.6 is 22.9 Å². The molecule has 0 fully saturated rings. The first kappa shape index (κ1) is 12.2. The topological polar surface area (TPSA) is 60.2 Å². The molecule has 0 aliphatic heterocycles. The molecule has 6 heteroatoms. The molecule has 0 saturated carbocycles. The second-order valence-electron chi connectivity index (χ2n) is 3.50. The van der Waals surface area contributed by atoms with Gasteiger partial charge in [-0.3, -0.25) is 5.43 Å². The second-order valence-corrected chi connectivity index (χ2v) is 5.02. The van der Waals surface area contributed by atoms with Gasteiger partial charge in [-0.15, -0.1) is 0 Å². The summed E-state index contributed by atoms with van der Waals surface area (Å²) in [7, 11) is 0. The van der Waals surface area contributed by atoms with Crippen molar-refractivity contribution in [2.75, 3.05) is 5.43 Å². The lowest BCUT2D eigenvalue weighted by Crippen LogP contribution is -2.05. The molecule has 4 nitrogen and oxygen atoms in total. The van der Waals surface area contributed by atoms with Crippen molar-refractivity contribution >= 4 is 28.1 Å². The molecule has 2 rings (SSSR count). The van der Waals surface area contributed by atoms with E-state index in [1.165, 1.54) is 11.3 Å². The fourth-order valence-electron chi connectivity index (χ4n) is 1.31. The Kier molecular flexibility index (Phi) is 3.83. The van der Waals surface area contributed by atoms with Gasteiger partial charge in [-0.05, 0) is 24.6 Å². The Hall–Kier alpha value is -1.30. The van der Waals surface area contributed by atoms with Crippen LogP contribution in [-0.4, -0.2) is 4.98 Å². The number of aromatic nitrogens is 1. The summed E-state index contributed by atoms with van der Waals surface area (Å²) in [6.07, 6.45) is 1.73. The molecule has 1 aromatic heterocycles. The van der Waals surface area contributed by atoms with Crippen LogP contribution in [0.15, 0.2) is 24.4 Å². The minimum absolute atomic E-state index is 0.433. The van der Waals surface area contributed by atoms with Crippen LogP contribution in [0.4, 0.5) is 5.13 Å². The molecule has 0 aliphatic rings. The van der Waals surface area contributed by atoms with E-state index in [1.807, 2.05) is 25.1 Å². The van der Waals surface area contributed by atoms with E-state index in [-0.39, 0.29) is 0 Å². The van der Waals surface area contributed by atoms with E-state index in [1.54, 1.807) is 6.20 Å². The fraction of sp³-hybridized carbons (Fsp3) is 0.182. The van der Waals surface area contributed by atoms with Crippen LogP contribution in [0.25, 0.3) is 0 Å². The molecule has 1 aromatic carbocycles. The molecular formula is C11H12ClN3OS. The van der Waals surface area contributed by atoms with Crippen LogP contribution in [0.5, 0.6) is 5.75 Å². The third kappa shape index (κ3) is 3.09. The van der Waals surface area contributed by atoms with E-state index in [4.69, 9.17) is 22.2 Å². The largest absolute Gasteiger partial charge is 0.486 e. The summed E-state index contributed by atoms with van der Waals surface area (Å²) < 4.78 is 5.63. The number of halogens is 1. The first-order valence-corrected chi connectivity index (χ1v) is 6.19. The zero-order valence-electron chi connectivity index (χ0n) is 9.24. The number of nitrogens with one attached hydrogen (secondary N) is 1. The van der Waals surface area contributed by atoms with Crippen molar-refractivity contribution < 1.29 is 4.74 Å². The summed E-state index contributed by atoms with van der Waals surface area (Å²) in [5.41, 5.74) is 3.60. The summed E-state index contributed by atoms with van der Waals surface area (Å²) >= 11 is 7.47. The summed E-state index contributed by atoms with van der Waals surface area (Å²) in [6, 6.07) is 5.68. The van der Waals surface area contributed by atoms with Gasteiger partial charge in [0.05, 0.1) is 9.90 Å². The van der Waals surface area contributed by atoms with Crippen molar-refractivity contribution in [1.82, 2.24) is 4.98 Å². The highest BCUT2D eigenvalue weighted by atomic mass is 35.5. The van der Waals surface area contributed by atoms with Gasteiger partial charge in [-0.1, -0.05) is 29.0 Å². The molecule has 3 N–H and O–H groups in total. The van der Waals surface area contributed by atoms with Crippen molar-refractivity contribution in [3.05, 3.63) is 39.9 Å². The van der Waals surface area contributed by atoms with Crippen molar-refractivity contribution in [2.45, 2.75) is 13.5 Å². The molecule has 0 spiro atoms. The maximum absolute atomic E-state index is 6.03. The average Bonchev–Trinajstić information content (AvgIpc) is 2.78. The molecule has 0 atom stereocenters. The average molecular weight is 270 g/mol. The number of hydrazine groups is 1. The Morgan fingerprint density at radius 3 is 3.06 bits per heavy atom. The minimum atomic E-state index is 0.433. The van der Waals surface area contributed by atoms with E-state index in [0.29, 0.717) is 22.5 Å². The van der Waals surface area contributed by atoms with Crippen LogP contribution in [0.2, 0.25) is 5.02 Å². The lowest BCUT2D eigenvalue weighted by Gasteiger charge is -2.07. The van der Waals surface area contributed by atoms with Gasteiger partial charge >= 0.3 is 0 Å². The van der Waals surface area contributed by atoms with Crippen LogP contribution < -0.4 is 16.0 Å². The van der Waals surface area contributed by atoms with Crippen molar-refractivity contribution in [3.8, 4) is 5.75 Å². The smallest absolute Gasteiger partial charge is 0.197 e. The Morgan fingerprint density at radius 1 is 1.53 bits per heavy atom. The number of benzene rings is 1. The number of nitrogens with zero attached hydrogens (tertiary/aromatic N) is 1. The molecule has 0 bridgehead atoms. The maximum atomic E-state index is 6.03. The van der Waals surface area contributed by atoms with E-state index in [0.717, 1.165) is 10.4 Å². The minimum Gasteiger partial charge on any atom is -0.486 e. The summed E-state index contributed by atoms with van der Waals surface area (Å²) in [5, 5.41) is 1.27. The number of nitrogens with two attached hydrogens (primary N) is 1. The summed E-state index contributed by atoms with van der Waals surface area (Å²) in [6.45, 7) is 2.43. The lowest BCUT2D eigenvalue weighted by atomic mass is 10.2. The van der Waals surface area contributed by atoms with Gasteiger partial charge < -0.3 is 4.74 Å². The molecule has 0 radical (unpaired) electrons. The zero-order valence-corrected chi connectivity index (χ0v) is 10.8. The Morgan fingerprint density at radius 2 is 2.35 bits per heavy atom. The summed E-state index contributed by atoms with van der Waals surface area (Å²) in [4.78, 5) is 5.04. The number of aryl methyl sites for hydroxylation is 1. The highest BCUT2D eigenvalue weighted by Gasteiger charge is 2.04. The monoisotopic (exact) mass is 269 g/mol. The SMILES string of the molecule is Cc1ccc(Cl)c(OCc2cnc(NN)s2)c1. The van der Waals surface area contributed by atoms with Crippen molar-refractivity contribution in [3.63, 3.8) is 0 Å². The summed E-state index contributed by atoms with van der Waals surface area (Å²) in [5.74, 6) is 5.93. The number of rotatable bonds is 4. The standard InChI is InChI=1S/C11H12ClN3OS/c1-7-2-3-9(12)10(4-7)16-6-8-5-14-11(15-13)17-8/h2-5H,6,13H2,1H3,(H,14,15). The van der Waals surface area contributed by atoms with E-state index >= 15 is 0 Å². The van der Waals surface area contributed by atoms with Crippen molar-refractivity contribution in [1.29, 1.82) is 0 Å². The molecule has 2 aromatic rings. The Balaban J connectivity index is 2.04. The fourth-order valence-corrected chi connectivity index (χ4v) is 2.12. The highest BCUT2D eigenvalue weighted by molar-refractivity contribution is 7.15. The third-order valence-electron chi connectivity index (χ3n) is 2.13. The number of anilines is 1. The Labute approximate surface area is 108 Å². The van der Waals surface area contributed by atoms with Gasteiger partial charge in [0.25, 0.3) is 0 Å². The number of hydrogen-bond donors (Lipinski definition) is 2. The molecule has 17 heavy (non-hydrogen) atoms. The van der Waals surface area contributed by atoms with Gasteiger partial charge in [0.15, 0.2) is 5.13 Å². The molecule has 1 heterocycles. The zero-order chi connectivity index (χ0) is 12.3. The van der Waals surface area contributed by atoms with E-state index in [9.17, 15) is 0 Å². The Bertz CT molecular complexity index is 515. The normalized spacial score (nSPS) is 10.3. The highest BCUT2D eigenvalue weighted by Crippen LogP contribution is 2.27. The predicted octanol–water partition coefficient (Wildman–Crippen LogP) is 2.97. The van der Waals surface area contributed by atoms with Gasteiger partial charge in [0, 0.05) is 6.20 Å². The predicted molar refractivity (Wildman–Crippen MR) is 70.4 cm³/mol. The van der Waals surface area contributed by atoms with Crippen LogP contribution in [0.1, 0.15) is 10.4 Å². The maximum Gasteiger partial charge on any atom is 0.197 e. The molecule has 90 valence electrons.